The van der Waals surface area contributed by atoms with Crippen molar-refractivity contribution in [2.24, 2.45) is 0 Å². The highest BCUT2D eigenvalue weighted by Crippen LogP contribution is 2.30. The van der Waals surface area contributed by atoms with Gasteiger partial charge in [0.15, 0.2) is 0 Å². The highest BCUT2D eigenvalue weighted by Gasteiger charge is 2.24. The first-order valence-corrected chi connectivity index (χ1v) is 8.44. The molecule has 0 saturated heterocycles. The van der Waals surface area contributed by atoms with Gasteiger partial charge >= 0.3 is 0 Å². The maximum atomic E-state index is 10.2. The summed E-state index contributed by atoms with van der Waals surface area (Å²) in [5.74, 6) is 2.02. The average molecular weight is 295 g/mol. The summed E-state index contributed by atoms with van der Waals surface area (Å²) in [7, 11) is 1.65. The summed E-state index contributed by atoms with van der Waals surface area (Å²) in [6, 6.07) is 8.20. The number of benzene rings is 1. The molecule has 2 rings (SSSR count). The van der Waals surface area contributed by atoms with Gasteiger partial charge in [0.2, 0.25) is 0 Å². The van der Waals surface area contributed by atoms with Crippen molar-refractivity contribution in [3.8, 4) is 5.75 Å². The standard InChI is InChI=1S/C16H25NO2S/c1-3-20-15-9-6-13(10-15)17-11-16(18)12-4-7-14(19-2)8-5-12/h4-5,7-8,13,15-18H,3,6,9-11H2,1-2H3. The summed E-state index contributed by atoms with van der Waals surface area (Å²) in [6.45, 7) is 2.85. The van der Waals surface area contributed by atoms with Crippen LogP contribution in [0, 0.1) is 0 Å². The van der Waals surface area contributed by atoms with E-state index in [1.165, 1.54) is 25.0 Å². The largest absolute Gasteiger partial charge is 0.497 e. The summed E-state index contributed by atoms with van der Waals surface area (Å²) >= 11 is 2.06. The van der Waals surface area contributed by atoms with Crippen LogP contribution in [0.25, 0.3) is 0 Å². The van der Waals surface area contributed by atoms with Crippen molar-refractivity contribution in [1.29, 1.82) is 0 Å². The molecule has 0 spiro atoms. The molecular formula is C16H25NO2S. The minimum absolute atomic E-state index is 0.446. The second-order valence-electron chi connectivity index (χ2n) is 5.28. The molecule has 4 heteroatoms. The molecule has 1 aromatic rings. The zero-order valence-electron chi connectivity index (χ0n) is 12.3. The molecule has 0 bridgehead atoms. The molecule has 3 nitrogen and oxygen atoms in total. The smallest absolute Gasteiger partial charge is 0.118 e. The molecule has 0 aliphatic heterocycles. The van der Waals surface area contributed by atoms with Gasteiger partial charge in [-0.25, -0.2) is 0 Å². The van der Waals surface area contributed by atoms with E-state index in [9.17, 15) is 5.11 Å². The topological polar surface area (TPSA) is 41.5 Å². The van der Waals surface area contributed by atoms with Crippen LogP contribution in [0.2, 0.25) is 0 Å². The van der Waals surface area contributed by atoms with Gasteiger partial charge in [-0.05, 0) is 42.7 Å². The van der Waals surface area contributed by atoms with Crippen LogP contribution in [0.3, 0.4) is 0 Å². The van der Waals surface area contributed by atoms with Crippen molar-refractivity contribution in [2.75, 3.05) is 19.4 Å². The van der Waals surface area contributed by atoms with E-state index in [2.05, 4.69) is 24.0 Å². The van der Waals surface area contributed by atoms with Crippen LogP contribution in [-0.2, 0) is 0 Å². The Morgan fingerprint density at radius 2 is 2.10 bits per heavy atom. The number of thioether (sulfide) groups is 1. The van der Waals surface area contributed by atoms with E-state index in [4.69, 9.17) is 4.74 Å². The van der Waals surface area contributed by atoms with E-state index in [1.807, 2.05) is 24.3 Å². The fourth-order valence-electron chi connectivity index (χ4n) is 2.73. The first kappa shape index (κ1) is 15.7. The molecule has 1 aliphatic rings. The zero-order chi connectivity index (χ0) is 14.4. The molecule has 1 saturated carbocycles. The molecule has 0 heterocycles. The highest BCUT2D eigenvalue weighted by atomic mass is 32.2. The first-order valence-electron chi connectivity index (χ1n) is 7.40. The number of hydrogen-bond donors (Lipinski definition) is 2. The molecule has 2 N–H and O–H groups in total. The van der Waals surface area contributed by atoms with Crippen LogP contribution in [0.4, 0.5) is 0 Å². The summed E-state index contributed by atoms with van der Waals surface area (Å²) in [5.41, 5.74) is 0.941. The average Bonchev–Trinajstić information content (AvgIpc) is 2.93. The Bertz CT molecular complexity index is 396. The third-order valence-electron chi connectivity index (χ3n) is 3.89. The van der Waals surface area contributed by atoms with Crippen molar-refractivity contribution in [1.82, 2.24) is 5.32 Å². The molecule has 3 unspecified atom stereocenters. The molecule has 1 aliphatic carbocycles. The van der Waals surface area contributed by atoms with Crippen LogP contribution in [-0.4, -0.2) is 35.8 Å². The number of aliphatic hydroxyl groups excluding tert-OH is 1. The van der Waals surface area contributed by atoms with Gasteiger partial charge in [-0.15, -0.1) is 0 Å². The number of methoxy groups -OCH3 is 1. The summed E-state index contributed by atoms with van der Waals surface area (Å²) in [6.07, 6.45) is 3.31. The molecule has 20 heavy (non-hydrogen) atoms. The minimum atomic E-state index is -0.446. The molecule has 1 aromatic carbocycles. The van der Waals surface area contributed by atoms with Gasteiger partial charge in [-0.3, -0.25) is 0 Å². The second kappa shape index (κ2) is 7.91. The summed E-state index contributed by atoms with van der Waals surface area (Å²) in [5, 5.41) is 14.5. The number of aliphatic hydroxyl groups is 1. The van der Waals surface area contributed by atoms with Crippen LogP contribution < -0.4 is 10.1 Å². The molecule has 3 atom stereocenters. The van der Waals surface area contributed by atoms with Crippen LogP contribution >= 0.6 is 11.8 Å². The molecular weight excluding hydrogens is 270 g/mol. The van der Waals surface area contributed by atoms with Crippen molar-refractivity contribution in [3.63, 3.8) is 0 Å². The van der Waals surface area contributed by atoms with E-state index >= 15 is 0 Å². The SMILES string of the molecule is CCSC1CCC(NCC(O)c2ccc(OC)cc2)C1. The van der Waals surface area contributed by atoms with Gasteiger partial charge in [-0.1, -0.05) is 19.1 Å². The van der Waals surface area contributed by atoms with Crippen molar-refractivity contribution < 1.29 is 9.84 Å². The Kier molecular flexibility index (Phi) is 6.20. The lowest BCUT2D eigenvalue weighted by Crippen LogP contribution is -2.31. The Labute approximate surface area is 126 Å². The summed E-state index contributed by atoms with van der Waals surface area (Å²) < 4.78 is 5.13. The Morgan fingerprint density at radius 3 is 2.75 bits per heavy atom. The third-order valence-corrected chi connectivity index (χ3v) is 5.12. The van der Waals surface area contributed by atoms with Crippen molar-refractivity contribution >= 4 is 11.8 Å². The van der Waals surface area contributed by atoms with Crippen LogP contribution in [0.15, 0.2) is 24.3 Å². The molecule has 0 aromatic heterocycles. The highest BCUT2D eigenvalue weighted by molar-refractivity contribution is 7.99. The quantitative estimate of drug-likeness (QED) is 0.811. The Balaban J connectivity index is 1.76. The van der Waals surface area contributed by atoms with Crippen molar-refractivity contribution in [3.05, 3.63) is 29.8 Å². The van der Waals surface area contributed by atoms with Crippen molar-refractivity contribution in [2.45, 2.75) is 43.6 Å². The first-order chi connectivity index (χ1) is 9.72. The number of ether oxygens (including phenoxy) is 1. The van der Waals surface area contributed by atoms with E-state index < -0.39 is 6.10 Å². The lowest BCUT2D eigenvalue weighted by atomic mass is 10.1. The monoisotopic (exact) mass is 295 g/mol. The molecule has 112 valence electrons. The van der Waals surface area contributed by atoms with Gasteiger partial charge in [0.25, 0.3) is 0 Å². The van der Waals surface area contributed by atoms with Gasteiger partial charge in [0, 0.05) is 17.8 Å². The molecule has 1 fully saturated rings. The second-order valence-corrected chi connectivity index (χ2v) is 6.86. The fourth-order valence-corrected chi connectivity index (χ4v) is 3.88. The fraction of sp³-hybridized carbons (Fsp3) is 0.625. The van der Waals surface area contributed by atoms with E-state index in [-0.39, 0.29) is 0 Å². The van der Waals surface area contributed by atoms with Gasteiger partial charge in [-0.2, -0.15) is 11.8 Å². The van der Waals surface area contributed by atoms with Crippen LogP contribution in [0.5, 0.6) is 5.75 Å². The predicted molar refractivity (Wildman–Crippen MR) is 85.5 cm³/mol. The maximum Gasteiger partial charge on any atom is 0.118 e. The van der Waals surface area contributed by atoms with E-state index in [0.717, 1.165) is 16.6 Å². The lowest BCUT2D eigenvalue weighted by molar-refractivity contribution is 0.170. The lowest BCUT2D eigenvalue weighted by Gasteiger charge is -2.17. The summed E-state index contributed by atoms with van der Waals surface area (Å²) in [4.78, 5) is 0. The maximum absolute atomic E-state index is 10.2. The van der Waals surface area contributed by atoms with Crippen LogP contribution in [0.1, 0.15) is 37.9 Å². The van der Waals surface area contributed by atoms with E-state index in [0.29, 0.717) is 12.6 Å². The minimum Gasteiger partial charge on any atom is -0.497 e. The Morgan fingerprint density at radius 1 is 1.35 bits per heavy atom. The number of nitrogens with one attached hydrogen (secondary N) is 1. The number of hydrogen-bond acceptors (Lipinski definition) is 4. The predicted octanol–water partition coefficient (Wildman–Crippen LogP) is 2.99. The van der Waals surface area contributed by atoms with Gasteiger partial charge in [0.05, 0.1) is 13.2 Å². The Hall–Kier alpha value is -0.710. The number of rotatable bonds is 7. The van der Waals surface area contributed by atoms with E-state index in [1.54, 1.807) is 7.11 Å². The molecule has 0 radical (unpaired) electrons. The molecule has 0 amide bonds. The van der Waals surface area contributed by atoms with Gasteiger partial charge < -0.3 is 15.2 Å². The normalized spacial score (nSPS) is 23.8. The zero-order valence-corrected chi connectivity index (χ0v) is 13.2. The van der Waals surface area contributed by atoms with Gasteiger partial charge in [0.1, 0.15) is 5.75 Å². The third kappa shape index (κ3) is 4.40.